The van der Waals surface area contributed by atoms with Gasteiger partial charge in [-0.25, -0.2) is 4.79 Å². The molecule has 1 aliphatic rings. The fraction of sp³-hybridized carbons (Fsp3) is 0.286. The lowest BCUT2D eigenvalue weighted by Gasteiger charge is -2.36. The van der Waals surface area contributed by atoms with E-state index in [0.717, 1.165) is 38.1 Å². The van der Waals surface area contributed by atoms with Gasteiger partial charge in [-0.3, -0.25) is 0 Å². The number of fused-ring (bicyclic) bond motifs is 1. The highest BCUT2D eigenvalue weighted by Crippen LogP contribution is 2.18. The molecular formula is C21H24N4O. The van der Waals surface area contributed by atoms with Gasteiger partial charge in [-0.1, -0.05) is 36.4 Å². The minimum atomic E-state index is 0.0394. The van der Waals surface area contributed by atoms with E-state index in [1.165, 1.54) is 16.6 Å². The van der Waals surface area contributed by atoms with Crippen LogP contribution in [0.25, 0.3) is 10.9 Å². The van der Waals surface area contributed by atoms with Crippen molar-refractivity contribution in [2.45, 2.75) is 6.42 Å². The number of aromatic amines is 1. The molecule has 0 atom stereocenters. The number of aromatic nitrogens is 1. The average Bonchev–Trinajstić information content (AvgIpc) is 3.12. The lowest BCUT2D eigenvalue weighted by atomic mass is 10.1. The van der Waals surface area contributed by atoms with Crippen LogP contribution in [-0.4, -0.2) is 48.6 Å². The molecule has 2 N–H and O–H groups in total. The summed E-state index contributed by atoms with van der Waals surface area (Å²) in [6.07, 6.45) is 2.87. The number of carbonyl (C=O) groups excluding carboxylic acids is 1. The normalized spacial score (nSPS) is 14.6. The number of para-hydroxylation sites is 2. The van der Waals surface area contributed by atoms with E-state index in [4.69, 9.17) is 0 Å². The Balaban J connectivity index is 1.26. The van der Waals surface area contributed by atoms with Crippen molar-refractivity contribution >= 4 is 22.6 Å². The molecular weight excluding hydrogens is 324 g/mol. The fourth-order valence-electron chi connectivity index (χ4n) is 3.56. The number of H-pyrrole nitrogens is 1. The number of hydrogen-bond acceptors (Lipinski definition) is 2. The first kappa shape index (κ1) is 16.5. The van der Waals surface area contributed by atoms with Gasteiger partial charge in [-0.15, -0.1) is 0 Å². The van der Waals surface area contributed by atoms with Crippen molar-refractivity contribution in [3.05, 3.63) is 66.4 Å². The van der Waals surface area contributed by atoms with Crippen LogP contribution in [0, 0.1) is 0 Å². The molecule has 1 saturated heterocycles. The van der Waals surface area contributed by atoms with E-state index in [2.05, 4.69) is 51.6 Å². The van der Waals surface area contributed by atoms with E-state index in [0.29, 0.717) is 6.54 Å². The molecule has 0 bridgehead atoms. The second-order valence-corrected chi connectivity index (χ2v) is 6.65. The highest BCUT2D eigenvalue weighted by Gasteiger charge is 2.20. The molecule has 2 aromatic carbocycles. The van der Waals surface area contributed by atoms with E-state index in [1.807, 2.05) is 29.3 Å². The van der Waals surface area contributed by atoms with Crippen LogP contribution in [-0.2, 0) is 6.42 Å². The van der Waals surface area contributed by atoms with E-state index in [9.17, 15) is 4.79 Å². The zero-order chi connectivity index (χ0) is 17.8. The van der Waals surface area contributed by atoms with Crippen LogP contribution >= 0.6 is 0 Å². The Morgan fingerprint density at radius 1 is 0.962 bits per heavy atom. The Labute approximate surface area is 153 Å². The van der Waals surface area contributed by atoms with Gasteiger partial charge in [-0.2, -0.15) is 0 Å². The molecule has 4 rings (SSSR count). The summed E-state index contributed by atoms with van der Waals surface area (Å²) < 4.78 is 0. The first-order chi connectivity index (χ1) is 12.8. The Hall–Kier alpha value is -2.95. The number of nitrogens with one attached hydrogen (secondary N) is 2. The topological polar surface area (TPSA) is 51.4 Å². The number of rotatable bonds is 4. The predicted molar refractivity (Wildman–Crippen MR) is 106 cm³/mol. The number of piperazine rings is 1. The summed E-state index contributed by atoms with van der Waals surface area (Å²) in [6.45, 7) is 3.92. The Morgan fingerprint density at radius 2 is 1.69 bits per heavy atom. The fourth-order valence-corrected chi connectivity index (χ4v) is 3.56. The molecule has 0 saturated carbocycles. The molecule has 0 spiro atoms. The molecule has 0 radical (unpaired) electrons. The van der Waals surface area contributed by atoms with Gasteiger partial charge < -0.3 is 20.1 Å². The zero-order valence-electron chi connectivity index (χ0n) is 14.8. The molecule has 134 valence electrons. The minimum absolute atomic E-state index is 0.0394. The van der Waals surface area contributed by atoms with Crippen molar-refractivity contribution < 1.29 is 4.79 Å². The summed E-state index contributed by atoms with van der Waals surface area (Å²) in [7, 11) is 0. The number of urea groups is 1. The first-order valence-corrected chi connectivity index (χ1v) is 9.19. The highest BCUT2D eigenvalue weighted by atomic mass is 16.2. The van der Waals surface area contributed by atoms with E-state index in [1.54, 1.807) is 0 Å². The molecule has 3 aromatic rings. The molecule has 5 nitrogen and oxygen atoms in total. The van der Waals surface area contributed by atoms with E-state index in [-0.39, 0.29) is 6.03 Å². The molecule has 26 heavy (non-hydrogen) atoms. The van der Waals surface area contributed by atoms with Gasteiger partial charge >= 0.3 is 6.03 Å². The monoisotopic (exact) mass is 348 g/mol. The molecule has 1 fully saturated rings. The summed E-state index contributed by atoms with van der Waals surface area (Å²) in [5.74, 6) is 0. The molecule has 5 heteroatoms. The first-order valence-electron chi connectivity index (χ1n) is 9.19. The number of amides is 2. The van der Waals surface area contributed by atoms with Crippen molar-refractivity contribution in [3.8, 4) is 0 Å². The summed E-state index contributed by atoms with van der Waals surface area (Å²) in [4.78, 5) is 19.9. The van der Waals surface area contributed by atoms with Crippen LogP contribution in [0.15, 0.2) is 60.8 Å². The third kappa shape index (κ3) is 3.52. The number of anilines is 1. The van der Waals surface area contributed by atoms with Gasteiger partial charge in [0.2, 0.25) is 0 Å². The second kappa shape index (κ2) is 7.52. The molecule has 2 heterocycles. The van der Waals surface area contributed by atoms with Crippen LogP contribution in [0.4, 0.5) is 10.5 Å². The molecule has 2 amide bonds. The molecule has 0 aliphatic carbocycles. The van der Waals surface area contributed by atoms with Gasteiger partial charge in [0.25, 0.3) is 0 Å². The quantitative estimate of drug-likeness (QED) is 0.760. The maximum Gasteiger partial charge on any atom is 0.317 e. The highest BCUT2D eigenvalue weighted by molar-refractivity contribution is 5.83. The van der Waals surface area contributed by atoms with Gasteiger partial charge in [-0.05, 0) is 30.2 Å². The van der Waals surface area contributed by atoms with Crippen LogP contribution < -0.4 is 10.2 Å². The van der Waals surface area contributed by atoms with Crippen molar-refractivity contribution in [1.82, 2.24) is 15.2 Å². The van der Waals surface area contributed by atoms with Crippen LogP contribution in [0.1, 0.15) is 5.56 Å². The zero-order valence-corrected chi connectivity index (χ0v) is 14.8. The SMILES string of the molecule is O=C(NCCc1c[nH]c2ccccc12)N1CCN(c2ccccc2)CC1. The number of nitrogens with zero attached hydrogens (tertiary/aromatic N) is 2. The van der Waals surface area contributed by atoms with Crippen molar-refractivity contribution in [2.24, 2.45) is 0 Å². The Morgan fingerprint density at radius 3 is 2.50 bits per heavy atom. The predicted octanol–water partition coefficient (Wildman–Crippen LogP) is 3.24. The number of hydrogen-bond donors (Lipinski definition) is 2. The summed E-state index contributed by atoms with van der Waals surface area (Å²) >= 11 is 0. The van der Waals surface area contributed by atoms with Crippen molar-refractivity contribution in [1.29, 1.82) is 0 Å². The summed E-state index contributed by atoms with van der Waals surface area (Å²) in [5, 5.41) is 4.30. The maximum atomic E-state index is 12.4. The lowest BCUT2D eigenvalue weighted by molar-refractivity contribution is 0.194. The second-order valence-electron chi connectivity index (χ2n) is 6.65. The van der Waals surface area contributed by atoms with Crippen LogP contribution in [0.5, 0.6) is 0 Å². The molecule has 1 aliphatic heterocycles. The lowest BCUT2D eigenvalue weighted by Crippen LogP contribution is -2.52. The Bertz CT molecular complexity index is 866. The standard InChI is InChI=1S/C21H24N4O/c26-21(22-11-10-17-16-23-20-9-5-4-8-19(17)20)25-14-12-24(13-15-25)18-6-2-1-3-7-18/h1-9,16,23H,10-15H2,(H,22,26). The molecule has 0 unspecified atom stereocenters. The van der Waals surface area contributed by atoms with Gasteiger partial charge in [0, 0.05) is 55.5 Å². The van der Waals surface area contributed by atoms with Gasteiger partial charge in [0.05, 0.1) is 0 Å². The molecule has 1 aromatic heterocycles. The van der Waals surface area contributed by atoms with Crippen molar-refractivity contribution in [3.63, 3.8) is 0 Å². The number of carbonyl (C=O) groups is 1. The number of benzene rings is 2. The third-order valence-corrected chi connectivity index (χ3v) is 5.03. The van der Waals surface area contributed by atoms with E-state index < -0.39 is 0 Å². The Kier molecular flexibility index (Phi) is 4.78. The largest absolute Gasteiger partial charge is 0.368 e. The van der Waals surface area contributed by atoms with Gasteiger partial charge in [0.1, 0.15) is 0 Å². The maximum absolute atomic E-state index is 12.4. The minimum Gasteiger partial charge on any atom is -0.368 e. The van der Waals surface area contributed by atoms with E-state index >= 15 is 0 Å². The van der Waals surface area contributed by atoms with Crippen molar-refractivity contribution in [2.75, 3.05) is 37.6 Å². The summed E-state index contributed by atoms with van der Waals surface area (Å²) in [5.41, 5.74) is 3.62. The van der Waals surface area contributed by atoms with Gasteiger partial charge in [0.15, 0.2) is 0 Å². The third-order valence-electron chi connectivity index (χ3n) is 5.03. The smallest absolute Gasteiger partial charge is 0.317 e. The average molecular weight is 348 g/mol. The van der Waals surface area contributed by atoms with Crippen LogP contribution in [0.3, 0.4) is 0 Å². The summed E-state index contributed by atoms with van der Waals surface area (Å²) in [6, 6.07) is 18.7. The van der Waals surface area contributed by atoms with Crippen LogP contribution in [0.2, 0.25) is 0 Å².